The molecule has 0 spiro atoms. The number of methoxy groups -OCH3 is 1. The molecule has 0 saturated heterocycles. The van der Waals surface area contributed by atoms with Gasteiger partial charge in [0.2, 0.25) is 0 Å². The summed E-state index contributed by atoms with van der Waals surface area (Å²) in [6, 6.07) is 1.56. The average molecular weight is 226 g/mol. The van der Waals surface area contributed by atoms with Crippen molar-refractivity contribution >= 4 is 11.9 Å². The summed E-state index contributed by atoms with van der Waals surface area (Å²) >= 11 is 0. The molecule has 1 heterocycles. The van der Waals surface area contributed by atoms with Gasteiger partial charge < -0.3 is 9.47 Å². The lowest BCUT2D eigenvalue weighted by molar-refractivity contribution is -0.144. The number of ether oxygens (including phenoxy) is 2. The van der Waals surface area contributed by atoms with Crippen molar-refractivity contribution in [2.45, 2.75) is 20.4 Å². The van der Waals surface area contributed by atoms with Gasteiger partial charge in [-0.3, -0.25) is 9.48 Å². The molecule has 0 aliphatic heterocycles. The molecule has 0 radical (unpaired) electrons. The molecule has 0 saturated carbocycles. The Morgan fingerprint density at radius 2 is 2.19 bits per heavy atom. The maximum Gasteiger partial charge on any atom is 0.358 e. The number of aryl methyl sites for hydroxylation is 1. The molecular weight excluding hydrogens is 212 g/mol. The topological polar surface area (TPSA) is 70.4 Å². The van der Waals surface area contributed by atoms with Crippen molar-refractivity contribution in [3.63, 3.8) is 0 Å². The highest BCUT2D eigenvalue weighted by molar-refractivity contribution is 5.87. The lowest BCUT2D eigenvalue weighted by Crippen LogP contribution is -2.16. The Balaban J connectivity index is 2.78. The van der Waals surface area contributed by atoms with Gasteiger partial charge in [-0.25, -0.2) is 4.79 Å². The number of aromatic nitrogens is 2. The Kier molecular flexibility index (Phi) is 4.04. The van der Waals surface area contributed by atoms with Crippen molar-refractivity contribution in [1.82, 2.24) is 9.78 Å². The number of hydrogen-bond donors (Lipinski definition) is 0. The van der Waals surface area contributed by atoms with Crippen molar-refractivity contribution in [2.75, 3.05) is 13.7 Å². The highest BCUT2D eigenvalue weighted by Crippen LogP contribution is 2.04. The van der Waals surface area contributed by atoms with Gasteiger partial charge in [0, 0.05) is 5.69 Å². The molecule has 1 rings (SSSR count). The minimum Gasteiger partial charge on any atom is -0.465 e. The van der Waals surface area contributed by atoms with Crippen LogP contribution in [0.2, 0.25) is 0 Å². The normalized spacial score (nSPS) is 9.94. The fourth-order valence-electron chi connectivity index (χ4n) is 1.20. The van der Waals surface area contributed by atoms with Gasteiger partial charge in [-0.2, -0.15) is 5.10 Å². The molecule has 0 unspecified atom stereocenters. The molecule has 0 aliphatic rings. The highest BCUT2D eigenvalue weighted by atomic mass is 16.5. The smallest absolute Gasteiger partial charge is 0.358 e. The quantitative estimate of drug-likeness (QED) is 0.701. The largest absolute Gasteiger partial charge is 0.465 e. The Bertz CT molecular complexity index is 398. The van der Waals surface area contributed by atoms with Crippen LogP contribution >= 0.6 is 0 Å². The number of nitrogens with zero attached hydrogens (tertiary/aromatic N) is 2. The summed E-state index contributed by atoms with van der Waals surface area (Å²) in [4.78, 5) is 22.4. The van der Waals surface area contributed by atoms with Gasteiger partial charge in [0.25, 0.3) is 0 Å². The van der Waals surface area contributed by atoms with E-state index in [-0.39, 0.29) is 18.2 Å². The fourth-order valence-corrected chi connectivity index (χ4v) is 1.20. The molecule has 1 aromatic rings. The second kappa shape index (κ2) is 5.29. The van der Waals surface area contributed by atoms with E-state index in [0.29, 0.717) is 12.3 Å². The van der Waals surface area contributed by atoms with Gasteiger partial charge in [0.15, 0.2) is 5.69 Å². The first kappa shape index (κ1) is 12.2. The first-order valence-electron chi connectivity index (χ1n) is 4.86. The summed E-state index contributed by atoms with van der Waals surface area (Å²) < 4.78 is 10.7. The van der Waals surface area contributed by atoms with Gasteiger partial charge in [0.05, 0.1) is 13.7 Å². The van der Waals surface area contributed by atoms with E-state index in [2.05, 4.69) is 9.84 Å². The molecule has 0 N–H and O–H groups in total. The summed E-state index contributed by atoms with van der Waals surface area (Å²) in [5.74, 6) is -0.907. The van der Waals surface area contributed by atoms with Crippen LogP contribution in [0.25, 0.3) is 0 Å². The SMILES string of the molecule is CCOC(=O)Cn1nc(C(=O)OC)cc1C. The van der Waals surface area contributed by atoms with Crippen LogP contribution in [0, 0.1) is 6.92 Å². The Labute approximate surface area is 93.1 Å². The molecule has 1 aromatic heterocycles. The van der Waals surface area contributed by atoms with E-state index in [1.54, 1.807) is 19.9 Å². The standard InChI is InChI=1S/C10H14N2O4/c1-4-16-9(13)6-12-7(2)5-8(11-12)10(14)15-3/h5H,4,6H2,1-3H3. The maximum absolute atomic E-state index is 11.2. The van der Waals surface area contributed by atoms with Crippen LogP contribution < -0.4 is 0 Å². The van der Waals surface area contributed by atoms with E-state index < -0.39 is 5.97 Å². The van der Waals surface area contributed by atoms with E-state index in [4.69, 9.17) is 4.74 Å². The zero-order valence-electron chi connectivity index (χ0n) is 9.52. The minimum absolute atomic E-state index is 0.00331. The van der Waals surface area contributed by atoms with Crippen molar-refractivity contribution in [3.05, 3.63) is 17.5 Å². The van der Waals surface area contributed by atoms with Crippen LogP contribution in [0.4, 0.5) is 0 Å². The zero-order valence-corrected chi connectivity index (χ0v) is 9.52. The van der Waals surface area contributed by atoms with Crippen LogP contribution in [0.1, 0.15) is 23.1 Å². The monoisotopic (exact) mass is 226 g/mol. The third-order valence-electron chi connectivity index (χ3n) is 1.96. The Morgan fingerprint density at radius 1 is 1.50 bits per heavy atom. The Hall–Kier alpha value is -1.85. The van der Waals surface area contributed by atoms with E-state index in [1.807, 2.05) is 0 Å². The fraction of sp³-hybridized carbons (Fsp3) is 0.500. The second-order valence-electron chi connectivity index (χ2n) is 3.13. The predicted octanol–water partition coefficient (Wildman–Crippen LogP) is 0.541. The average Bonchev–Trinajstić information content (AvgIpc) is 2.59. The van der Waals surface area contributed by atoms with Gasteiger partial charge in [-0.05, 0) is 19.9 Å². The van der Waals surface area contributed by atoms with E-state index in [0.717, 1.165) is 0 Å². The van der Waals surface area contributed by atoms with Crippen molar-refractivity contribution in [2.24, 2.45) is 0 Å². The van der Waals surface area contributed by atoms with Gasteiger partial charge >= 0.3 is 11.9 Å². The molecule has 0 aromatic carbocycles. The summed E-state index contributed by atoms with van der Waals surface area (Å²) in [6.07, 6.45) is 0. The molecule has 0 amide bonds. The van der Waals surface area contributed by atoms with E-state index in [1.165, 1.54) is 11.8 Å². The number of rotatable bonds is 4. The molecule has 6 heteroatoms. The molecule has 0 fully saturated rings. The molecule has 16 heavy (non-hydrogen) atoms. The van der Waals surface area contributed by atoms with Crippen LogP contribution in [0.15, 0.2) is 6.07 Å². The number of esters is 2. The lowest BCUT2D eigenvalue weighted by atomic mass is 10.4. The van der Waals surface area contributed by atoms with Crippen LogP contribution in [-0.2, 0) is 20.8 Å². The lowest BCUT2D eigenvalue weighted by Gasteiger charge is -2.03. The van der Waals surface area contributed by atoms with E-state index in [9.17, 15) is 9.59 Å². The minimum atomic E-state index is -0.522. The zero-order chi connectivity index (χ0) is 12.1. The third kappa shape index (κ3) is 2.82. The first-order chi connectivity index (χ1) is 7.58. The molecule has 0 bridgehead atoms. The van der Waals surface area contributed by atoms with Crippen LogP contribution in [-0.4, -0.2) is 35.4 Å². The van der Waals surface area contributed by atoms with Crippen LogP contribution in [0.3, 0.4) is 0 Å². The third-order valence-corrected chi connectivity index (χ3v) is 1.96. The molecule has 0 atom stereocenters. The van der Waals surface area contributed by atoms with Gasteiger partial charge in [0.1, 0.15) is 6.54 Å². The number of carbonyl (C=O) groups is 2. The number of carbonyl (C=O) groups excluding carboxylic acids is 2. The summed E-state index contributed by atoms with van der Waals surface area (Å²) in [6.45, 7) is 3.80. The molecule has 88 valence electrons. The van der Waals surface area contributed by atoms with Crippen molar-refractivity contribution in [1.29, 1.82) is 0 Å². The maximum atomic E-state index is 11.2. The highest BCUT2D eigenvalue weighted by Gasteiger charge is 2.14. The number of hydrogen-bond acceptors (Lipinski definition) is 5. The molecule has 6 nitrogen and oxygen atoms in total. The summed E-state index contributed by atoms with van der Waals surface area (Å²) in [5, 5.41) is 3.94. The van der Waals surface area contributed by atoms with Gasteiger partial charge in [-0.1, -0.05) is 0 Å². The summed E-state index contributed by atoms with van der Waals surface area (Å²) in [5.41, 5.74) is 0.887. The second-order valence-corrected chi connectivity index (χ2v) is 3.13. The van der Waals surface area contributed by atoms with Crippen molar-refractivity contribution < 1.29 is 19.1 Å². The molecule has 0 aliphatic carbocycles. The predicted molar refractivity (Wildman–Crippen MR) is 54.9 cm³/mol. The van der Waals surface area contributed by atoms with Crippen molar-refractivity contribution in [3.8, 4) is 0 Å². The molecular formula is C10H14N2O4. The van der Waals surface area contributed by atoms with Crippen LogP contribution in [0.5, 0.6) is 0 Å². The Morgan fingerprint density at radius 3 is 2.75 bits per heavy atom. The summed E-state index contributed by atoms with van der Waals surface area (Å²) in [7, 11) is 1.28. The first-order valence-corrected chi connectivity index (χ1v) is 4.86. The van der Waals surface area contributed by atoms with E-state index >= 15 is 0 Å². The van der Waals surface area contributed by atoms with Gasteiger partial charge in [-0.15, -0.1) is 0 Å².